The van der Waals surface area contributed by atoms with Gasteiger partial charge in [-0.1, -0.05) is 25.7 Å². The molecule has 0 amide bonds. The zero-order valence-corrected chi connectivity index (χ0v) is 10.8. The minimum absolute atomic E-state index is 0.805. The van der Waals surface area contributed by atoms with Gasteiger partial charge in [-0.25, -0.2) is 0 Å². The molecule has 1 nitrogen and oxygen atoms in total. The van der Waals surface area contributed by atoms with Crippen molar-refractivity contribution >= 4 is 11.8 Å². The van der Waals surface area contributed by atoms with E-state index in [9.17, 15) is 0 Å². The van der Waals surface area contributed by atoms with Gasteiger partial charge in [0, 0.05) is 16.5 Å². The highest BCUT2D eigenvalue weighted by Gasteiger charge is 2.24. The van der Waals surface area contributed by atoms with Crippen LogP contribution in [0.15, 0.2) is 0 Å². The molecule has 0 saturated heterocycles. The number of hydrogen-bond acceptors (Lipinski definition) is 2. The van der Waals surface area contributed by atoms with Crippen molar-refractivity contribution in [1.82, 2.24) is 5.32 Å². The van der Waals surface area contributed by atoms with Gasteiger partial charge >= 0.3 is 0 Å². The second-order valence-corrected chi connectivity index (χ2v) is 6.78. The predicted octanol–water partition coefficient (Wildman–Crippen LogP) is 3.58. The molecule has 2 heteroatoms. The molecule has 88 valence electrons. The third-order valence-corrected chi connectivity index (χ3v) is 5.64. The molecule has 2 rings (SSSR count). The largest absolute Gasteiger partial charge is 0.317 e. The molecule has 0 aromatic carbocycles. The van der Waals surface area contributed by atoms with E-state index in [1.54, 1.807) is 0 Å². The lowest BCUT2D eigenvalue weighted by atomic mass is 9.95. The highest BCUT2D eigenvalue weighted by Crippen LogP contribution is 2.36. The SMILES string of the molecule is CNC1CCCC(SC2CCCCC2)C1. The van der Waals surface area contributed by atoms with E-state index in [1.165, 1.54) is 57.8 Å². The van der Waals surface area contributed by atoms with Crippen LogP contribution in [0.1, 0.15) is 57.8 Å². The van der Waals surface area contributed by atoms with Gasteiger partial charge < -0.3 is 5.32 Å². The second kappa shape index (κ2) is 6.15. The number of rotatable bonds is 3. The zero-order valence-electron chi connectivity index (χ0n) is 10.0. The first-order valence-corrected chi connectivity index (χ1v) is 7.65. The summed E-state index contributed by atoms with van der Waals surface area (Å²) in [4.78, 5) is 0. The Kier molecular flexibility index (Phi) is 4.83. The minimum Gasteiger partial charge on any atom is -0.317 e. The van der Waals surface area contributed by atoms with Crippen LogP contribution >= 0.6 is 11.8 Å². The summed E-state index contributed by atoms with van der Waals surface area (Å²) in [6.07, 6.45) is 13.2. The molecular formula is C13H25NS. The normalized spacial score (nSPS) is 34.2. The summed E-state index contributed by atoms with van der Waals surface area (Å²) >= 11 is 2.32. The van der Waals surface area contributed by atoms with E-state index in [0.717, 1.165) is 16.5 Å². The number of nitrogens with one attached hydrogen (secondary N) is 1. The fraction of sp³-hybridized carbons (Fsp3) is 1.00. The molecule has 2 aliphatic rings. The van der Waals surface area contributed by atoms with Crippen molar-refractivity contribution < 1.29 is 0 Å². The average molecular weight is 227 g/mol. The molecule has 0 aromatic rings. The first kappa shape index (κ1) is 11.8. The molecule has 2 aliphatic carbocycles. The first-order valence-electron chi connectivity index (χ1n) is 6.71. The third-order valence-electron chi connectivity index (χ3n) is 3.97. The van der Waals surface area contributed by atoms with Crippen LogP contribution < -0.4 is 5.32 Å². The maximum Gasteiger partial charge on any atom is 0.00746 e. The molecule has 0 bridgehead atoms. The summed E-state index contributed by atoms with van der Waals surface area (Å²) in [5.74, 6) is 0. The predicted molar refractivity (Wildman–Crippen MR) is 69.6 cm³/mol. The fourth-order valence-corrected chi connectivity index (χ4v) is 4.80. The van der Waals surface area contributed by atoms with Crippen molar-refractivity contribution in [3.63, 3.8) is 0 Å². The van der Waals surface area contributed by atoms with Gasteiger partial charge in [-0.05, 0) is 39.2 Å². The van der Waals surface area contributed by atoms with Gasteiger partial charge in [-0.3, -0.25) is 0 Å². The topological polar surface area (TPSA) is 12.0 Å². The Morgan fingerprint density at radius 2 is 1.60 bits per heavy atom. The van der Waals surface area contributed by atoms with Gasteiger partial charge in [-0.2, -0.15) is 11.8 Å². The monoisotopic (exact) mass is 227 g/mol. The molecule has 0 radical (unpaired) electrons. The van der Waals surface area contributed by atoms with E-state index in [2.05, 4.69) is 24.1 Å². The lowest BCUT2D eigenvalue weighted by Crippen LogP contribution is -2.33. The van der Waals surface area contributed by atoms with Gasteiger partial charge in [0.15, 0.2) is 0 Å². The summed E-state index contributed by atoms with van der Waals surface area (Å²) in [7, 11) is 2.12. The smallest absolute Gasteiger partial charge is 0.00746 e. The Labute approximate surface area is 98.8 Å². The summed E-state index contributed by atoms with van der Waals surface area (Å²) in [6, 6.07) is 0.805. The summed E-state index contributed by atoms with van der Waals surface area (Å²) in [6.45, 7) is 0. The molecule has 15 heavy (non-hydrogen) atoms. The van der Waals surface area contributed by atoms with Crippen LogP contribution in [-0.2, 0) is 0 Å². The maximum atomic E-state index is 3.46. The highest BCUT2D eigenvalue weighted by molar-refractivity contribution is 8.00. The van der Waals surface area contributed by atoms with Gasteiger partial charge in [0.25, 0.3) is 0 Å². The van der Waals surface area contributed by atoms with Crippen LogP contribution in [0.4, 0.5) is 0 Å². The van der Waals surface area contributed by atoms with Crippen molar-refractivity contribution in [2.75, 3.05) is 7.05 Å². The molecule has 2 saturated carbocycles. The number of thioether (sulfide) groups is 1. The van der Waals surface area contributed by atoms with Gasteiger partial charge in [0.1, 0.15) is 0 Å². The van der Waals surface area contributed by atoms with E-state index < -0.39 is 0 Å². The zero-order chi connectivity index (χ0) is 10.5. The van der Waals surface area contributed by atoms with Gasteiger partial charge in [0.05, 0.1) is 0 Å². The van der Waals surface area contributed by atoms with Crippen LogP contribution in [0.2, 0.25) is 0 Å². The van der Waals surface area contributed by atoms with E-state index in [1.807, 2.05) is 0 Å². The Bertz CT molecular complexity index is 177. The summed E-state index contributed by atoms with van der Waals surface area (Å²) in [5, 5.41) is 5.41. The second-order valence-electron chi connectivity index (χ2n) is 5.17. The molecule has 0 heterocycles. The van der Waals surface area contributed by atoms with Crippen molar-refractivity contribution in [3.05, 3.63) is 0 Å². The summed E-state index contributed by atoms with van der Waals surface area (Å²) in [5.41, 5.74) is 0. The van der Waals surface area contributed by atoms with Crippen LogP contribution in [0.5, 0.6) is 0 Å². The van der Waals surface area contributed by atoms with Crippen LogP contribution in [0, 0.1) is 0 Å². The lowest BCUT2D eigenvalue weighted by Gasteiger charge is -2.32. The van der Waals surface area contributed by atoms with E-state index >= 15 is 0 Å². The molecule has 0 aliphatic heterocycles. The molecule has 2 unspecified atom stereocenters. The van der Waals surface area contributed by atoms with E-state index in [-0.39, 0.29) is 0 Å². The van der Waals surface area contributed by atoms with E-state index in [0.29, 0.717) is 0 Å². The van der Waals surface area contributed by atoms with E-state index in [4.69, 9.17) is 0 Å². The molecule has 2 fully saturated rings. The van der Waals surface area contributed by atoms with Crippen LogP contribution in [0.3, 0.4) is 0 Å². The molecule has 0 spiro atoms. The molecular weight excluding hydrogens is 202 g/mol. The Morgan fingerprint density at radius 3 is 2.33 bits per heavy atom. The highest BCUT2D eigenvalue weighted by atomic mass is 32.2. The molecule has 1 N–H and O–H groups in total. The Morgan fingerprint density at radius 1 is 0.867 bits per heavy atom. The van der Waals surface area contributed by atoms with Crippen LogP contribution in [0.25, 0.3) is 0 Å². The van der Waals surface area contributed by atoms with Crippen LogP contribution in [-0.4, -0.2) is 23.6 Å². The third kappa shape index (κ3) is 3.67. The summed E-state index contributed by atoms with van der Waals surface area (Å²) < 4.78 is 0. The maximum absolute atomic E-state index is 3.46. The quantitative estimate of drug-likeness (QED) is 0.791. The number of hydrogen-bond donors (Lipinski definition) is 1. The lowest BCUT2D eigenvalue weighted by molar-refractivity contribution is 0.400. The van der Waals surface area contributed by atoms with Crippen molar-refractivity contribution in [2.45, 2.75) is 74.3 Å². The Balaban J connectivity index is 1.72. The average Bonchev–Trinajstić information content (AvgIpc) is 2.31. The van der Waals surface area contributed by atoms with Crippen molar-refractivity contribution in [1.29, 1.82) is 0 Å². The van der Waals surface area contributed by atoms with Gasteiger partial charge in [0.2, 0.25) is 0 Å². The first-order chi connectivity index (χ1) is 7.38. The van der Waals surface area contributed by atoms with Gasteiger partial charge in [-0.15, -0.1) is 0 Å². The molecule has 2 atom stereocenters. The standard InChI is InChI=1S/C13H25NS/c1-14-11-6-5-9-13(10-11)15-12-7-3-2-4-8-12/h11-14H,2-10H2,1H3. The Hall–Kier alpha value is 0.310. The minimum atomic E-state index is 0.805. The molecule has 0 aromatic heterocycles. The van der Waals surface area contributed by atoms with Crippen molar-refractivity contribution in [3.8, 4) is 0 Å². The van der Waals surface area contributed by atoms with Crippen molar-refractivity contribution in [2.24, 2.45) is 0 Å². The fourth-order valence-electron chi connectivity index (χ4n) is 3.00.